The Bertz CT molecular complexity index is 791. The molecule has 2 aromatic rings. The van der Waals surface area contributed by atoms with Crippen LogP contribution in [0.5, 0.6) is 5.75 Å². The molecular weight excluding hydrogens is 314 g/mol. The highest BCUT2D eigenvalue weighted by Crippen LogP contribution is 2.34. The number of hydrogen-bond donors (Lipinski definition) is 0. The first-order valence-electron chi connectivity index (χ1n) is 8.77. The molecule has 0 N–H and O–H groups in total. The lowest BCUT2D eigenvalue weighted by Gasteiger charge is -2.25. The summed E-state index contributed by atoms with van der Waals surface area (Å²) >= 11 is 0. The minimum Gasteiger partial charge on any atom is -0.486 e. The van der Waals surface area contributed by atoms with Gasteiger partial charge in [0.1, 0.15) is 11.9 Å². The Morgan fingerprint density at radius 2 is 2.04 bits per heavy atom. The summed E-state index contributed by atoms with van der Waals surface area (Å²) in [6.07, 6.45) is 3.58. The van der Waals surface area contributed by atoms with E-state index < -0.39 is 0 Å². The Morgan fingerprint density at radius 1 is 1.20 bits per heavy atom. The molecule has 3 heterocycles. The van der Waals surface area contributed by atoms with Crippen molar-refractivity contribution >= 4 is 5.91 Å². The lowest BCUT2D eigenvalue weighted by Crippen LogP contribution is -2.44. The molecule has 0 saturated carbocycles. The molecule has 5 nitrogen and oxygen atoms in total. The Morgan fingerprint density at radius 3 is 2.76 bits per heavy atom. The number of rotatable bonds is 2. The molecule has 1 aromatic heterocycles. The van der Waals surface area contributed by atoms with Crippen molar-refractivity contribution in [3.8, 4) is 16.9 Å². The quantitative estimate of drug-likeness (QED) is 0.845. The first-order chi connectivity index (χ1) is 12.0. The van der Waals surface area contributed by atoms with Gasteiger partial charge >= 0.3 is 0 Å². The minimum atomic E-state index is 0.00162. The van der Waals surface area contributed by atoms with Gasteiger partial charge in [0.15, 0.2) is 0 Å². The predicted octanol–water partition coefficient (Wildman–Crippen LogP) is 2.67. The maximum Gasteiger partial charge on any atom is 0.257 e. The van der Waals surface area contributed by atoms with E-state index in [-0.39, 0.29) is 18.1 Å². The Labute approximate surface area is 148 Å². The van der Waals surface area contributed by atoms with Gasteiger partial charge in [-0.15, -0.1) is 0 Å². The summed E-state index contributed by atoms with van der Waals surface area (Å²) in [5, 5.41) is 0. The Balaban J connectivity index is 1.72. The van der Waals surface area contributed by atoms with Gasteiger partial charge in [-0.2, -0.15) is 0 Å². The topological polar surface area (TPSA) is 45.7 Å². The first kappa shape index (κ1) is 16.1. The summed E-state index contributed by atoms with van der Waals surface area (Å²) in [6.45, 7) is 6.06. The lowest BCUT2D eigenvalue weighted by molar-refractivity contribution is 0.0681. The maximum absolute atomic E-state index is 12.9. The van der Waals surface area contributed by atoms with Crippen LogP contribution in [0.1, 0.15) is 24.2 Å². The van der Waals surface area contributed by atoms with Crippen LogP contribution in [0, 0.1) is 0 Å². The fraction of sp³-hybridized carbons (Fsp3) is 0.400. The number of amides is 1. The molecule has 0 spiro atoms. The van der Waals surface area contributed by atoms with Crippen molar-refractivity contribution in [1.82, 2.24) is 14.8 Å². The largest absolute Gasteiger partial charge is 0.486 e. The van der Waals surface area contributed by atoms with E-state index in [1.807, 2.05) is 48.5 Å². The molecule has 1 aromatic carbocycles. The van der Waals surface area contributed by atoms with Gasteiger partial charge in [-0.1, -0.05) is 12.1 Å². The van der Waals surface area contributed by atoms with Gasteiger partial charge in [-0.05, 0) is 37.6 Å². The minimum absolute atomic E-state index is 0.00162. The number of ether oxygens (including phenoxy) is 1. The molecule has 1 fully saturated rings. The van der Waals surface area contributed by atoms with E-state index in [0.717, 1.165) is 24.2 Å². The van der Waals surface area contributed by atoms with Crippen LogP contribution in [0.25, 0.3) is 11.1 Å². The SMILES string of the molecule is CC(C)N1CC2Oc3cc(-c4cccnc4)ccc3C(=O)N(C)C2C1. The van der Waals surface area contributed by atoms with Crippen molar-refractivity contribution in [3.63, 3.8) is 0 Å². The van der Waals surface area contributed by atoms with Crippen LogP contribution in [-0.2, 0) is 0 Å². The standard InChI is InChI=1S/C20H23N3O2/c1-13(2)23-11-17-19(12-23)25-18-9-14(15-5-4-8-21-10-15)6-7-16(18)20(24)22(17)3/h4-10,13,17,19H,11-12H2,1-3H3. The highest BCUT2D eigenvalue weighted by Gasteiger charge is 2.42. The molecule has 2 aliphatic heterocycles. The van der Waals surface area contributed by atoms with Crippen LogP contribution in [0.3, 0.4) is 0 Å². The summed E-state index contributed by atoms with van der Waals surface area (Å²) in [5.41, 5.74) is 2.67. The fourth-order valence-corrected chi connectivity index (χ4v) is 3.71. The molecule has 2 unspecified atom stereocenters. The van der Waals surface area contributed by atoms with Crippen LogP contribution >= 0.6 is 0 Å². The third kappa shape index (κ3) is 2.78. The van der Waals surface area contributed by atoms with Crippen molar-refractivity contribution in [3.05, 3.63) is 48.3 Å². The monoisotopic (exact) mass is 337 g/mol. The van der Waals surface area contributed by atoms with E-state index >= 15 is 0 Å². The lowest BCUT2D eigenvalue weighted by atomic mass is 10.0. The van der Waals surface area contributed by atoms with Gasteiger partial charge < -0.3 is 9.64 Å². The number of carbonyl (C=O) groups is 1. The third-order valence-corrected chi connectivity index (χ3v) is 5.30. The number of hydrogen-bond acceptors (Lipinski definition) is 4. The average molecular weight is 337 g/mol. The summed E-state index contributed by atoms with van der Waals surface area (Å²) in [6, 6.07) is 10.3. The zero-order chi connectivity index (χ0) is 17.6. The smallest absolute Gasteiger partial charge is 0.257 e. The van der Waals surface area contributed by atoms with Crippen LogP contribution in [0.2, 0.25) is 0 Å². The van der Waals surface area contributed by atoms with E-state index in [0.29, 0.717) is 17.4 Å². The average Bonchev–Trinajstić information content (AvgIpc) is 3.02. The number of aromatic nitrogens is 1. The third-order valence-electron chi connectivity index (χ3n) is 5.30. The molecule has 1 amide bonds. The molecule has 0 aliphatic carbocycles. The molecule has 0 bridgehead atoms. The maximum atomic E-state index is 12.9. The number of carbonyl (C=O) groups excluding carboxylic acids is 1. The molecule has 0 radical (unpaired) electrons. The number of benzene rings is 1. The molecule has 4 rings (SSSR count). The van der Waals surface area contributed by atoms with Crippen molar-refractivity contribution < 1.29 is 9.53 Å². The highest BCUT2D eigenvalue weighted by molar-refractivity contribution is 5.98. The molecule has 25 heavy (non-hydrogen) atoms. The van der Waals surface area contributed by atoms with Crippen molar-refractivity contribution in [1.29, 1.82) is 0 Å². The zero-order valence-electron chi connectivity index (χ0n) is 14.8. The molecule has 2 atom stereocenters. The second-order valence-corrected chi connectivity index (χ2v) is 7.14. The van der Waals surface area contributed by atoms with Gasteiger partial charge in [-0.3, -0.25) is 14.7 Å². The number of likely N-dealkylation sites (tertiary alicyclic amines) is 1. The predicted molar refractivity (Wildman–Crippen MR) is 96.7 cm³/mol. The van der Waals surface area contributed by atoms with Gasteiger partial charge in [0, 0.05) is 44.1 Å². The molecule has 5 heteroatoms. The summed E-state index contributed by atoms with van der Waals surface area (Å²) < 4.78 is 6.34. The van der Waals surface area contributed by atoms with Crippen LogP contribution in [0.4, 0.5) is 0 Å². The summed E-state index contributed by atoms with van der Waals surface area (Å²) in [4.78, 5) is 21.3. The van der Waals surface area contributed by atoms with E-state index in [2.05, 4.69) is 23.7 Å². The normalized spacial score (nSPS) is 23.2. The highest BCUT2D eigenvalue weighted by atomic mass is 16.5. The van der Waals surface area contributed by atoms with Crippen LogP contribution in [-0.4, -0.2) is 59.0 Å². The number of nitrogens with zero attached hydrogens (tertiary/aromatic N) is 3. The Hall–Kier alpha value is -2.40. The Kier molecular flexibility index (Phi) is 3.96. The molecular formula is C20H23N3O2. The van der Waals surface area contributed by atoms with Gasteiger partial charge in [0.2, 0.25) is 0 Å². The molecule has 2 aliphatic rings. The van der Waals surface area contributed by atoms with E-state index in [1.165, 1.54) is 0 Å². The number of likely N-dealkylation sites (N-methyl/N-ethyl adjacent to an activating group) is 1. The fourth-order valence-electron chi connectivity index (χ4n) is 3.71. The van der Waals surface area contributed by atoms with E-state index in [4.69, 9.17) is 4.74 Å². The molecule has 1 saturated heterocycles. The van der Waals surface area contributed by atoms with Gasteiger partial charge in [0.25, 0.3) is 5.91 Å². The first-order valence-corrected chi connectivity index (χ1v) is 8.77. The summed E-state index contributed by atoms with van der Waals surface area (Å²) in [7, 11) is 1.89. The van der Waals surface area contributed by atoms with Crippen LogP contribution < -0.4 is 4.74 Å². The second-order valence-electron chi connectivity index (χ2n) is 7.14. The zero-order valence-corrected chi connectivity index (χ0v) is 14.8. The number of pyridine rings is 1. The van der Waals surface area contributed by atoms with Crippen LogP contribution in [0.15, 0.2) is 42.7 Å². The second kappa shape index (κ2) is 6.15. The van der Waals surface area contributed by atoms with E-state index in [1.54, 1.807) is 6.20 Å². The summed E-state index contributed by atoms with van der Waals surface area (Å²) in [5.74, 6) is 0.710. The van der Waals surface area contributed by atoms with Crippen molar-refractivity contribution in [2.45, 2.75) is 32.0 Å². The van der Waals surface area contributed by atoms with Gasteiger partial charge in [0.05, 0.1) is 11.6 Å². The molecule has 130 valence electrons. The van der Waals surface area contributed by atoms with Gasteiger partial charge in [-0.25, -0.2) is 0 Å². The van der Waals surface area contributed by atoms with Crippen molar-refractivity contribution in [2.75, 3.05) is 20.1 Å². The van der Waals surface area contributed by atoms with E-state index in [9.17, 15) is 4.79 Å². The van der Waals surface area contributed by atoms with Crippen molar-refractivity contribution in [2.24, 2.45) is 0 Å². The number of fused-ring (bicyclic) bond motifs is 2.